The molecule has 0 saturated carbocycles. The molecule has 1 aromatic heterocycles. The molecular weight excluding hydrogens is 276 g/mol. The fourth-order valence-corrected chi connectivity index (χ4v) is 1.48. The van der Waals surface area contributed by atoms with Crippen molar-refractivity contribution in [3.8, 4) is 5.69 Å². The van der Waals surface area contributed by atoms with Gasteiger partial charge in [-0.25, -0.2) is 17.6 Å². The Bertz CT molecular complexity index is 572. The molecule has 1 aromatic carbocycles. The monoisotopic (exact) mass is 280 g/mol. The van der Waals surface area contributed by atoms with Crippen molar-refractivity contribution >= 4 is 11.6 Å². The van der Waals surface area contributed by atoms with E-state index in [-0.39, 0.29) is 11.9 Å². The highest BCUT2D eigenvalue weighted by Gasteiger charge is 2.25. The Morgan fingerprint density at radius 3 is 2.22 bits per heavy atom. The summed E-state index contributed by atoms with van der Waals surface area (Å²) in [6.07, 6.45) is 0. The summed E-state index contributed by atoms with van der Waals surface area (Å²) in [5.74, 6) is -6.43. The van der Waals surface area contributed by atoms with Crippen molar-refractivity contribution in [3.05, 3.63) is 35.2 Å². The zero-order chi connectivity index (χ0) is 13.4. The van der Waals surface area contributed by atoms with Gasteiger partial charge in [0.2, 0.25) is 0 Å². The van der Waals surface area contributed by atoms with Crippen molar-refractivity contribution in [3.63, 3.8) is 0 Å². The molecule has 0 N–H and O–H groups in total. The van der Waals surface area contributed by atoms with Crippen LogP contribution < -0.4 is 0 Å². The van der Waals surface area contributed by atoms with E-state index in [2.05, 4.69) is 15.5 Å². The van der Waals surface area contributed by atoms with Gasteiger partial charge in [-0.1, -0.05) is 0 Å². The molecule has 2 rings (SSSR count). The second kappa shape index (κ2) is 4.52. The molecule has 0 bridgehead atoms. The van der Waals surface area contributed by atoms with Gasteiger partial charge in [0, 0.05) is 6.07 Å². The Balaban J connectivity index is 2.75. The lowest BCUT2D eigenvalue weighted by atomic mass is 10.2. The zero-order valence-electron chi connectivity index (χ0n) is 8.83. The van der Waals surface area contributed by atoms with Crippen LogP contribution in [0.15, 0.2) is 6.07 Å². The van der Waals surface area contributed by atoms with E-state index < -0.39 is 34.3 Å². The van der Waals surface area contributed by atoms with E-state index in [9.17, 15) is 17.6 Å². The van der Waals surface area contributed by atoms with E-state index in [1.807, 2.05) is 0 Å². The molecule has 0 amide bonds. The van der Waals surface area contributed by atoms with Gasteiger partial charge in [-0.3, -0.25) is 0 Å². The van der Waals surface area contributed by atoms with Gasteiger partial charge in [-0.15, -0.1) is 16.7 Å². The molecule has 1 heterocycles. The Morgan fingerprint density at radius 2 is 1.72 bits per heavy atom. The average Bonchev–Trinajstić information content (AvgIpc) is 2.76. The molecule has 2 aromatic rings. The smallest absolute Gasteiger partial charge is 0.187 e. The van der Waals surface area contributed by atoms with Gasteiger partial charge >= 0.3 is 0 Å². The first kappa shape index (κ1) is 12.7. The number of nitrogens with zero attached hydrogens (tertiary/aromatic N) is 4. The number of rotatable bonds is 2. The first-order chi connectivity index (χ1) is 8.43. The van der Waals surface area contributed by atoms with Crippen LogP contribution in [0.1, 0.15) is 18.1 Å². The van der Waals surface area contributed by atoms with Gasteiger partial charge in [-0.05, 0) is 17.4 Å². The number of hydrogen-bond donors (Lipinski definition) is 0. The standard InChI is InChI=1S/C9H5ClF4N4/c1-3(10)9-15-16-17-18(9)8-6(13)4(11)2-5(12)7(8)14/h2-3H,1H3. The molecule has 0 saturated heterocycles. The Kier molecular flexibility index (Phi) is 3.20. The molecule has 0 fully saturated rings. The lowest BCUT2D eigenvalue weighted by Crippen LogP contribution is -2.11. The molecule has 96 valence electrons. The molecule has 0 aliphatic rings. The molecule has 1 atom stereocenters. The molecular formula is C9H5ClF4N4. The maximum atomic E-state index is 13.5. The summed E-state index contributed by atoms with van der Waals surface area (Å²) in [6, 6.07) is 0.0995. The number of hydrogen-bond acceptors (Lipinski definition) is 3. The molecule has 0 spiro atoms. The van der Waals surface area contributed by atoms with Gasteiger partial charge in [0.05, 0.1) is 5.38 Å². The van der Waals surface area contributed by atoms with Gasteiger partial charge < -0.3 is 0 Å². The zero-order valence-corrected chi connectivity index (χ0v) is 9.59. The largest absolute Gasteiger partial charge is 0.204 e. The third-order valence-electron chi connectivity index (χ3n) is 2.15. The van der Waals surface area contributed by atoms with Crippen molar-refractivity contribution in [2.75, 3.05) is 0 Å². The van der Waals surface area contributed by atoms with Crippen molar-refractivity contribution in [1.29, 1.82) is 0 Å². The second-order valence-electron chi connectivity index (χ2n) is 3.38. The molecule has 0 aliphatic carbocycles. The van der Waals surface area contributed by atoms with Gasteiger partial charge in [0.15, 0.2) is 29.1 Å². The first-order valence-corrected chi connectivity index (χ1v) is 5.12. The van der Waals surface area contributed by atoms with Crippen LogP contribution in [-0.4, -0.2) is 20.2 Å². The van der Waals surface area contributed by atoms with Crippen molar-refractivity contribution in [1.82, 2.24) is 20.2 Å². The summed E-state index contributed by atoms with van der Waals surface area (Å²) in [5.41, 5.74) is -1.04. The molecule has 1 unspecified atom stereocenters. The number of aromatic nitrogens is 4. The summed E-state index contributed by atoms with van der Waals surface area (Å²) in [7, 11) is 0. The van der Waals surface area contributed by atoms with E-state index in [4.69, 9.17) is 11.6 Å². The van der Waals surface area contributed by atoms with Gasteiger partial charge in [0.25, 0.3) is 0 Å². The summed E-state index contributed by atoms with van der Waals surface area (Å²) in [6.45, 7) is 1.44. The fourth-order valence-electron chi connectivity index (χ4n) is 1.35. The van der Waals surface area contributed by atoms with Crippen LogP contribution >= 0.6 is 11.6 Å². The van der Waals surface area contributed by atoms with Crippen LogP contribution in [-0.2, 0) is 0 Å². The summed E-state index contributed by atoms with van der Waals surface area (Å²) < 4.78 is 53.6. The quantitative estimate of drug-likeness (QED) is 0.482. The van der Waals surface area contributed by atoms with E-state index >= 15 is 0 Å². The summed E-state index contributed by atoms with van der Waals surface area (Å²) >= 11 is 5.69. The Labute approximate surface area is 103 Å². The summed E-state index contributed by atoms with van der Waals surface area (Å²) in [5, 5.41) is 9.06. The highest BCUT2D eigenvalue weighted by atomic mass is 35.5. The third kappa shape index (κ3) is 1.92. The Morgan fingerprint density at radius 1 is 1.17 bits per heavy atom. The van der Waals surface area contributed by atoms with Crippen LogP contribution in [0.5, 0.6) is 0 Å². The van der Waals surface area contributed by atoms with E-state index in [1.54, 1.807) is 0 Å². The van der Waals surface area contributed by atoms with E-state index in [1.165, 1.54) is 6.92 Å². The van der Waals surface area contributed by atoms with E-state index in [0.717, 1.165) is 0 Å². The Hall–Kier alpha value is -1.70. The van der Waals surface area contributed by atoms with Crippen molar-refractivity contribution < 1.29 is 17.6 Å². The minimum Gasteiger partial charge on any atom is -0.204 e. The van der Waals surface area contributed by atoms with Gasteiger partial charge in [-0.2, -0.15) is 4.68 Å². The fraction of sp³-hybridized carbons (Fsp3) is 0.222. The maximum Gasteiger partial charge on any atom is 0.187 e. The van der Waals surface area contributed by atoms with Crippen molar-refractivity contribution in [2.24, 2.45) is 0 Å². The third-order valence-corrected chi connectivity index (χ3v) is 2.35. The first-order valence-electron chi connectivity index (χ1n) is 4.69. The topological polar surface area (TPSA) is 43.6 Å². The average molecular weight is 281 g/mol. The predicted molar refractivity (Wildman–Crippen MR) is 53.3 cm³/mol. The lowest BCUT2D eigenvalue weighted by Gasteiger charge is -2.09. The maximum absolute atomic E-state index is 13.5. The predicted octanol–water partition coefficient (Wildman–Crippen LogP) is 2.52. The van der Waals surface area contributed by atoms with Crippen LogP contribution in [0, 0.1) is 23.3 Å². The lowest BCUT2D eigenvalue weighted by molar-refractivity contribution is 0.441. The molecule has 18 heavy (non-hydrogen) atoms. The highest BCUT2D eigenvalue weighted by Crippen LogP contribution is 2.26. The number of benzene rings is 1. The van der Waals surface area contributed by atoms with Crippen LogP contribution in [0.2, 0.25) is 0 Å². The molecule has 0 radical (unpaired) electrons. The number of alkyl halides is 1. The number of tetrazole rings is 1. The number of halogens is 5. The minimum absolute atomic E-state index is 0.0995. The molecule has 4 nitrogen and oxygen atoms in total. The van der Waals surface area contributed by atoms with Crippen molar-refractivity contribution in [2.45, 2.75) is 12.3 Å². The molecule has 0 aliphatic heterocycles. The van der Waals surface area contributed by atoms with Crippen LogP contribution in [0.4, 0.5) is 17.6 Å². The highest BCUT2D eigenvalue weighted by molar-refractivity contribution is 6.20. The normalized spacial score (nSPS) is 12.8. The molecule has 9 heteroatoms. The minimum atomic E-state index is -1.60. The second-order valence-corrected chi connectivity index (χ2v) is 4.04. The van der Waals surface area contributed by atoms with Gasteiger partial charge in [0.1, 0.15) is 5.69 Å². The van der Waals surface area contributed by atoms with Crippen LogP contribution in [0.3, 0.4) is 0 Å². The summed E-state index contributed by atoms with van der Waals surface area (Å²) in [4.78, 5) is 0. The van der Waals surface area contributed by atoms with E-state index in [0.29, 0.717) is 4.68 Å². The van der Waals surface area contributed by atoms with Crippen LogP contribution in [0.25, 0.3) is 5.69 Å². The SMILES string of the molecule is CC(Cl)c1nnnn1-c1c(F)c(F)cc(F)c1F.